The van der Waals surface area contributed by atoms with Crippen molar-refractivity contribution >= 4 is 11.6 Å². The molecular formula is C22H21N5O4. The highest BCUT2D eigenvalue weighted by molar-refractivity contribution is 5.94. The zero-order valence-corrected chi connectivity index (χ0v) is 17.1. The van der Waals surface area contributed by atoms with Gasteiger partial charge in [0, 0.05) is 17.2 Å². The van der Waals surface area contributed by atoms with E-state index in [0.717, 1.165) is 11.3 Å². The van der Waals surface area contributed by atoms with Crippen molar-refractivity contribution in [1.29, 1.82) is 0 Å². The molecule has 0 fully saturated rings. The van der Waals surface area contributed by atoms with Crippen LogP contribution in [0.5, 0.6) is 17.4 Å². The summed E-state index contributed by atoms with van der Waals surface area (Å²) in [6.45, 7) is 0.596. The summed E-state index contributed by atoms with van der Waals surface area (Å²) in [5.74, 6) is 2.27. The topological polar surface area (TPSA) is 99.9 Å². The van der Waals surface area contributed by atoms with Crippen molar-refractivity contribution in [3.8, 4) is 28.8 Å². The van der Waals surface area contributed by atoms with Crippen molar-refractivity contribution in [2.45, 2.75) is 0 Å². The SMILES string of the molecule is COc1ccc(C(=O)NCCOc2ccc3nnc(-c4ccc(OC)cc4)n3n2)cc1. The number of benzene rings is 2. The Kier molecular flexibility index (Phi) is 5.93. The van der Waals surface area contributed by atoms with Crippen LogP contribution in [0.3, 0.4) is 0 Å². The molecule has 9 heteroatoms. The molecule has 4 aromatic rings. The van der Waals surface area contributed by atoms with Gasteiger partial charge in [0.05, 0.1) is 20.8 Å². The van der Waals surface area contributed by atoms with Gasteiger partial charge in [-0.05, 0) is 54.6 Å². The second kappa shape index (κ2) is 9.12. The van der Waals surface area contributed by atoms with E-state index in [9.17, 15) is 4.79 Å². The molecule has 158 valence electrons. The van der Waals surface area contributed by atoms with Crippen molar-refractivity contribution < 1.29 is 19.0 Å². The fraction of sp³-hybridized carbons (Fsp3) is 0.182. The van der Waals surface area contributed by atoms with Gasteiger partial charge in [0.25, 0.3) is 5.91 Å². The first-order valence-corrected chi connectivity index (χ1v) is 9.60. The maximum atomic E-state index is 12.2. The molecule has 9 nitrogen and oxygen atoms in total. The van der Waals surface area contributed by atoms with Crippen LogP contribution in [0.4, 0.5) is 0 Å². The van der Waals surface area contributed by atoms with Gasteiger partial charge in [-0.2, -0.15) is 4.52 Å². The third kappa shape index (κ3) is 4.55. The Morgan fingerprint density at radius 3 is 2.26 bits per heavy atom. The monoisotopic (exact) mass is 419 g/mol. The van der Waals surface area contributed by atoms with Gasteiger partial charge in [-0.25, -0.2) is 0 Å². The molecule has 0 unspecified atom stereocenters. The molecule has 2 heterocycles. The second-order valence-corrected chi connectivity index (χ2v) is 6.53. The van der Waals surface area contributed by atoms with E-state index in [1.807, 2.05) is 24.3 Å². The Balaban J connectivity index is 1.37. The van der Waals surface area contributed by atoms with Crippen LogP contribution in [-0.2, 0) is 0 Å². The van der Waals surface area contributed by atoms with Gasteiger partial charge in [0.15, 0.2) is 11.5 Å². The molecule has 2 aromatic heterocycles. The molecule has 1 N–H and O–H groups in total. The molecular weight excluding hydrogens is 398 g/mol. The van der Waals surface area contributed by atoms with Crippen LogP contribution in [0.25, 0.3) is 17.0 Å². The first-order chi connectivity index (χ1) is 15.2. The highest BCUT2D eigenvalue weighted by Crippen LogP contribution is 2.21. The highest BCUT2D eigenvalue weighted by Gasteiger charge is 2.11. The van der Waals surface area contributed by atoms with Crippen molar-refractivity contribution in [1.82, 2.24) is 25.1 Å². The van der Waals surface area contributed by atoms with Gasteiger partial charge in [0.1, 0.15) is 18.1 Å². The molecule has 0 saturated heterocycles. The van der Waals surface area contributed by atoms with E-state index < -0.39 is 0 Å². The summed E-state index contributed by atoms with van der Waals surface area (Å²) in [4.78, 5) is 12.2. The van der Waals surface area contributed by atoms with Crippen molar-refractivity contribution in [2.24, 2.45) is 0 Å². The van der Waals surface area contributed by atoms with Crippen LogP contribution in [0.15, 0.2) is 60.7 Å². The van der Waals surface area contributed by atoms with Crippen LogP contribution >= 0.6 is 0 Å². The lowest BCUT2D eigenvalue weighted by atomic mass is 10.2. The second-order valence-electron chi connectivity index (χ2n) is 6.53. The van der Waals surface area contributed by atoms with E-state index in [1.165, 1.54) is 0 Å². The number of rotatable bonds is 8. The number of ether oxygens (including phenoxy) is 3. The lowest BCUT2D eigenvalue weighted by molar-refractivity contribution is 0.0946. The number of aromatic nitrogens is 4. The predicted octanol–water partition coefficient (Wildman–Crippen LogP) is 2.62. The normalized spacial score (nSPS) is 10.6. The number of hydrogen-bond acceptors (Lipinski definition) is 7. The maximum Gasteiger partial charge on any atom is 0.251 e. The summed E-state index contributed by atoms with van der Waals surface area (Å²) in [6.07, 6.45) is 0. The summed E-state index contributed by atoms with van der Waals surface area (Å²) >= 11 is 0. The van der Waals surface area contributed by atoms with E-state index in [-0.39, 0.29) is 12.5 Å². The lowest BCUT2D eigenvalue weighted by Crippen LogP contribution is -2.28. The Morgan fingerprint density at radius 2 is 1.58 bits per heavy atom. The van der Waals surface area contributed by atoms with Gasteiger partial charge >= 0.3 is 0 Å². The average molecular weight is 419 g/mol. The summed E-state index contributed by atoms with van der Waals surface area (Å²) in [7, 11) is 3.20. The molecule has 0 saturated carbocycles. The smallest absolute Gasteiger partial charge is 0.251 e. The molecule has 0 aliphatic carbocycles. The van der Waals surface area contributed by atoms with E-state index >= 15 is 0 Å². The van der Waals surface area contributed by atoms with Crippen LogP contribution in [-0.4, -0.2) is 53.1 Å². The number of nitrogens with one attached hydrogen (secondary N) is 1. The first kappa shape index (κ1) is 20.1. The van der Waals surface area contributed by atoms with Gasteiger partial charge < -0.3 is 19.5 Å². The number of hydrogen-bond donors (Lipinski definition) is 1. The Bertz CT molecular complexity index is 1170. The van der Waals surface area contributed by atoms with Crippen LogP contribution in [0.2, 0.25) is 0 Å². The Hall–Kier alpha value is -4.14. The molecule has 31 heavy (non-hydrogen) atoms. The van der Waals surface area contributed by atoms with E-state index in [0.29, 0.717) is 35.2 Å². The van der Waals surface area contributed by atoms with E-state index in [2.05, 4.69) is 20.6 Å². The molecule has 2 aromatic carbocycles. The zero-order chi connectivity index (χ0) is 21.6. The number of amides is 1. The minimum absolute atomic E-state index is 0.185. The van der Waals surface area contributed by atoms with Gasteiger partial charge in [-0.1, -0.05) is 0 Å². The summed E-state index contributed by atoms with van der Waals surface area (Å²) in [5, 5.41) is 15.6. The molecule has 0 aliphatic heterocycles. The summed E-state index contributed by atoms with van der Waals surface area (Å²) < 4.78 is 17.6. The minimum atomic E-state index is -0.185. The number of nitrogens with zero attached hydrogens (tertiary/aromatic N) is 4. The standard InChI is InChI=1S/C22H21N5O4/c1-29-17-7-3-15(4-8-17)21-25-24-19-11-12-20(26-27(19)21)31-14-13-23-22(28)16-5-9-18(30-2)10-6-16/h3-12H,13-14H2,1-2H3,(H,23,28). The lowest BCUT2D eigenvalue weighted by Gasteiger charge is -2.08. The predicted molar refractivity (Wildman–Crippen MR) is 114 cm³/mol. The third-order valence-electron chi connectivity index (χ3n) is 4.58. The number of fused-ring (bicyclic) bond motifs is 1. The molecule has 0 aliphatic rings. The Labute approximate surface area is 178 Å². The van der Waals surface area contributed by atoms with Crippen molar-refractivity contribution in [2.75, 3.05) is 27.4 Å². The van der Waals surface area contributed by atoms with Gasteiger partial charge in [0.2, 0.25) is 5.88 Å². The Morgan fingerprint density at radius 1 is 0.903 bits per heavy atom. The zero-order valence-electron chi connectivity index (χ0n) is 17.1. The summed E-state index contributed by atoms with van der Waals surface area (Å²) in [5.41, 5.74) is 2.00. The van der Waals surface area contributed by atoms with Gasteiger partial charge in [-0.15, -0.1) is 15.3 Å². The fourth-order valence-electron chi connectivity index (χ4n) is 2.93. The minimum Gasteiger partial charge on any atom is -0.497 e. The van der Waals surface area contributed by atoms with Crippen LogP contribution < -0.4 is 19.5 Å². The number of carbonyl (C=O) groups excluding carboxylic acids is 1. The average Bonchev–Trinajstić information content (AvgIpc) is 3.25. The van der Waals surface area contributed by atoms with E-state index in [1.54, 1.807) is 55.1 Å². The molecule has 4 rings (SSSR count). The van der Waals surface area contributed by atoms with Crippen molar-refractivity contribution in [3.63, 3.8) is 0 Å². The van der Waals surface area contributed by atoms with Crippen LogP contribution in [0.1, 0.15) is 10.4 Å². The molecule has 1 amide bonds. The third-order valence-corrected chi connectivity index (χ3v) is 4.58. The van der Waals surface area contributed by atoms with Crippen molar-refractivity contribution in [3.05, 3.63) is 66.2 Å². The first-order valence-electron chi connectivity index (χ1n) is 9.60. The van der Waals surface area contributed by atoms with Gasteiger partial charge in [-0.3, -0.25) is 4.79 Å². The highest BCUT2D eigenvalue weighted by atomic mass is 16.5. The molecule has 0 bridgehead atoms. The molecule has 0 radical (unpaired) electrons. The largest absolute Gasteiger partial charge is 0.497 e. The maximum absolute atomic E-state index is 12.2. The van der Waals surface area contributed by atoms with E-state index in [4.69, 9.17) is 14.2 Å². The molecule has 0 spiro atoms. The number of methoxy groups -OCH3 is 2. The fourth-order valence-corrected chi connectivity index (χ4v) is 2.93. The van der Waals surface area contributed by atoms with Crippen LogP contribution in [0, 0.1) is 0 Å². The summed E-state index contributed by atoms with van der Waals surface area (Å²) in [6, 6.07) is 17.9. The quantitative estimate of drug-likeness (QED) is 0.438. The molecule has 0 atom stereocenters. The number of carbonyl (C=O) groups is 1.